The van der Waals surface area contributed by atoms with E-state index >= 15 is 0 Å². The molecule has 0 unspecified atom stereocenters. The lowest BCUT2D eigenvalue weighted by Crippen LogP contribution is -2.31. The topological polar surface area (TPSA) is 83.7 Å². The van der Waals surface area contributed by atoms with Crippen molar-refractivity contribution in [3.8, 4) is 0 Å². The molecule has 0 heterocycles. The molecule has 0 saturated heterocycles. The summed E-state index contributed by atoms with van der Waals surface area (Å²) in [6.45, 7) is 0.0556. The maximum atomic E-state index is 11.0. The van der Waals surface area contributed by atoms with E-state index in [-0.39, 0.29) is 24.8 Å². The number of hydrogen-bond donors (Lipinski definition) is 1. The molecule has 1 N–H and O–H groups in total. The smallest absolute Gasteiger partial charge is 0.317 e. The molecule has 0 aromatic heterocycles. The summed E-state index contributed by atoms with van der Waals surface area (Å²) < 4.78 is 0. The summed E-state index contributed by atoms with van der Waals surface area (Å²) in [6.07, 6.45) is 1.84. The zero-order chi connectivity index (χ0) is 14.0. The number of benzene rings is 1. The Morgan fingerprint density at radius 1 is 1.53 bits per heavy atom. The molecule has 7 heteroatoms. The van der Waals surface area contributed by atoms with Crippen molar-refractivity contribution >= 4 is 23.3 Å². The van der Waals surface area contributed by atoms with Gasteiger partial charge in [0.15, 0.2) is 0 Å². The van der Waals surface area contributed by atoms with Gasteiger partial charge < -0.3 is 5.11 Å². The number of rotatable bonds is 6. The van der Waals surface area contributed by atoms with E-state index in [9.17, 15) is 14.9 Å². The highest BCUT2D eigenvalue weighted by atomic mass is 35.5. The van der Waals surface area contributed by atoms with Gasteiger partial charge in [-0.25, -0.2) is 0 Å². The van der Waals surface area contributed by atoms with Gasteiger partial charge in [0.2, 0.25) is 0 Å². The number of halogens is 1. The Kier molecular flexibility index (Phi) is 4.01. The maximum Gasteiger partial charge on any atom is 0.317 e. The van der Waals surface area contributed by atoms with Crippen LogP contribution in [0.2, 0.25) is 5.02 Å². The minimum atomic E-state index is -0.943. The molecule has 0 bridgehead atoms. The lowest BCUT2D eigenvalue weighted by molar-refractivity contribution is -0.385. The van der Waals surface area contributed by atoms with Crippen molar-refractivity contribution in [2.24, 2.45) is 0 Å². The van der Waals surface area contributed by atoms with Crippen LogP contribution in [0.25, 0.3) is 0 Å². The van der Waals surface area contributed by atoms with Crippen molar-refractivity contribution < 1.29 is 14.8 Å². The third-order valence-electron chi connectivity index (χ3n) is 3.05. The Morgan fingerprint density at radius 3 is 2.74 bits per heavy atom. The highest BCUT2D eigenvalue weighted by molar-refractivity contribution is 6.31. The van der Waals surface area contributed by atoms with Crippen LogP contribution in [-0.4, -0.2) is 33.5 Å². The normalized spacial score (nSPS) is 14.6. The van der Waals surface area contributed by atoms with Crippen molar-refractivity contribution in [2.75, 3.05) is 6.54 Å². The first-order chi connectivity index (χ1) is 8.99. The fourth-order valence-electron chi connectivity index (χ4n) is 2.01. The van der Waals surface area contributed by atoms with E-state index in [1.807, 2.05) is 0 Å². The number of nitro groups is 1. The summed E-state index contributed by atoms with van der Waals surface area (Å²) in [5.41, 5.74) is 0.311. The molecule has 1 aromatic carbocycles. The Balaban J connectivity index is 2.25. The van der Waals surface area contributed by atoms with Gasteiger partial charge in [-0.1, -0.05) is 17.7 Å². The van der Waals surface area contributed by atoms with Crippen molar-refractivity contribution in [1.29, 1.82) is 0 Å². The Bertz CT molecular complexity index is 516. The van der Waals surface area contributed by atoms with Crippen molar-refractivity contribution in [1.82, 2.24) is 4.90 Å². The van der Waals surface area contributed by atoms with Gasteiger partial charge in [-0.05, 0) is 18.9 Å². The van der Waals surface area contributed by atoms with Crippen LogP contribution in [-0.2, 0) is 11.3 Å². The number of nitro benzene ring substituents is 1. The summed E-state index contributed by atoms with van der Waals surface area (Å²) in [4.78, 5) is 23.0. The van der Waals surface area contributed by atoms with Crippen molar-refractivity contribution in [2.45, 2.75) is 25.4 Å². The largest absolute Gasteiger partial charge is 0.480 e. The Labute approximate surface area is 114 Å². The van der Waals surface area contributed by atoms with E-state index in [0.29, 0.717) is 10.6 Å². The average molecular weight is 285 g/mol. The third kappa shape index (κ3) is 3.42. The maximum absolute atomic E-state index is 11.0. The predicted octanol–water partition coefficient (Wildman–Crippen LogP) is 2.30. The van der Waals surface area contributed by atoms with Crippen LogP contribution in [0.4, 0.5) is 5.69 Å². The van der Waals surface area contributed by atoms with Gasteiger partial charge >= 0.3 is 5.97 Å². The summed E-state index contributed by atoms with van der Waals surface area (Å²) in [5, 5.41) is 20.1. The molecule has 0 radical (unpaired) electrons. The minimum absolute atomic E-state index is 0.0662. The molecule has 0 aliphatic heterocycles. The van der Waals surface area contributed by atoms with E-state index in [1.54, 1.807) is 11.0 Å². The fraction of sp³-hybridized carbons (Fsp3) is 0.417. The molecule has 102 valence electrons. The fourth-order valence-corrected chi connectivity index (χ4v) is 2.23. The predicted molar refractivity (Wildman–Crippen MR) is 69.2 cm³/mol. The van der Waals surface area contributed by atoms with Crippen LogP contribution in [0.15, 0.2) is 18.2 Å². The second-order valence-corrected chi connectivity index (χ2v) is 4.93. The van der Waals surface area contributed by atoms with Gasteiger partial charge in [-0.15, -0.1) is 0 Å². The van der Waals surface area contributed by atoms with Gasteiger partial charge in [0.05, 0.1) is 22.1 Å². The molecular weight excluding hydrogens is 272 g/mol. The van der Waals surface area contributed by atoms with E-state index in [0.717, 1.165) is 12.8 Å². The summed E-state index contributed by atoms with van der Waals surface area (Å²) in [6, 6.07) is 4.66. The molecule has 2 rings (SSSR count). The van der Waals surface area contributed by atoms with Crippen LogP contribution in [0.5, 0.6) is 0 Å². The van der Waals surface area contributed by atoms with Crippen molar-refractivity contribution in [3.63, 3.8) is 0 Å². The zero-order valence-electron chi connectivity index (χ0n) is 10.1. The summed E-state index contributed by atoms with van der Waals surface area (Å²) in [5.74, 6) is -0.943. The monoisotopic (exact) mass is 284 g/mol. The number of carboxylic acids is 1. The molecule has 6 nitrogen and oxygen atoms in total. The minimum Gasteiger partial charge on any atom is -0.480 e. The number of aliphatic carboxylic acids is 1. The third-order valence-corrected chi connectivity index (χ3v) is 3.41. The first kappa shape index (κ1) is 13.8. The first-order valence-electron chi connectivity index (χ1n) is 5.86. The summed E-state index contributed by atoms with van der Waals surface area (Å²) >= 11 is 6.00. The van der Waals surface area contributed by atoms with Crippen LogP contribution in [0.3, 0.4) is 0 Å². The molecule has 0 atom stereocenters. The number of hydrogen-bond acceptors (Lipinski definition) is 4. The van der Waals surface area contributed by atoms with Crippen LogP contribution < -0.4 is 0 Å². The molecule has 1 fully saturated rings. The van der Waals surface area contributed by atoms with Gasteiger partial charge in [0.25, 0.3) is 5.69 Å². The van der Waals surface area contributed by atoms with Crippen LogP contribution in [0, 0.1) is 10.1 Å². The molecule has 1 saturated carbocycles. The molecule has 0 spiro atoms. The second-order valence-electron chi connectivity index (χ2n) is 4.52. The Hall–Kier alpha value is -1.66. The second kappa shape index (κ2) is 5.54. The first-order valence-corrected chi connectivity index (χ1v) is 6.24. The number of carboxylic acid groups (broad SMARTS) is 1. The number of nitrogens with zero attached hydrogens (tertiary/aromatic N) is 2. The van der Waals surface area contributed by atoms with Gasteiger partial charge in [0, 0.05) is 18.7 Å². The average Bonchev–Trinajstić information content (AvgIpc) is 3.13. The van der Waals surface area contributed by atoms with E-state index < -0.39 is 10.9 Å². The molecule has 0 amide bonds. The highest BCUT2D eigenvalue weighted by Gasteiger charge is 2.32. The number of carbonyl (C=O) groups is 1. The molecule has 1 aromatic rings. The van der Waals surface area contributed by atoms with Gasteiger partial charge in [0.1, 0.15) is 0 Å². The zero-order valence-corrected chi connectivity index (χ0v) is 10.8. The standard InChI is InChI=1S/C12H13ClN2O4/c13-10-2-1-3-11(15(18)19)9(10)6-14(7-12(16)17)8-4-5-8/h1-3,8H,4-7H2,(H,16,17). The van der Waals surface area contributed by atoms with Gasteiger partial charge in [-0.2, -0.15) is 0 Å². The van der Waals surface area contributed by atoms with Crippen molar-refractivity contribution in [3.05, 3.63) is 38.9 Å². The molecular formula is C12H13ClN2O4. The molecule has 1 aliphatic rings. The van der Waals surface area contributed by atoms with Crippen LogP contribution >= 0.6 is 11.6 Å². The van der Waals surface area contributed by atoms with E-state index in [1.165, 1.54) is 12.1 Å². The SMILES string of the molecule is O=C(O)CN(Cc1c(Cl)cccc1[N+](=O)[O-])C1CC1. The van der Waals surface area contributed by atoms with Crippen LogP contribution in [0.1, 0.15) is 18.4 Å². The highest BCUT2D eigenvalue weighted by Crippen LogP contribution is 2.32. The lowest BCUT2D eigenvalue weighted by atomic mass is 10.1. The quantitative estimate of drug-likeness (QED) is 0.640. The molecule has 19 heavy (non-hydrogen) atoms. The van der Waals surface area contributed by atoms with E-state index in [4.69, 9.17) is 16.7 Å². The Morgan fingerprint density at radius 2 is 2.21 bits per heavy atom. The van der Waals surface area contributed by atoms with Gasteiger partial charge in [-0.3, -0.25) is 19.8 Å². The summed E-state index contributed by atoms with van der Waals surface area (Å²) in [7, 11) is 0. The van der Waals surface area contributed by atoms with E-state index in [2.05, 4.69) is 0 Å². The molecule has 1 aliphatic carbocycles. The lowest BCUT2D eigenvalue weighted by Gasteiger charge is -2.20.